The van der Waals surface area contributed by atoms with Gasteiger partial charge in [0.25, 0.3) is 0 Å². The Labute approximate surface area is 139 Å². The number of carbonyl (C=O) groups excluding carboxylic acids is 1. The Morgan fingerprint density at radius 3 is 2.83 bits per heavy atom. The summed E-state index contributed by atoms with van der Waals surface area (Å²) in [6.45, 7) is 0.373. The van der Waals surface area contributed by atoms with Gasteiger partial charge in [-0.25, -0.2) is 14.8 Å². The number of carbonyl (C=O) groups is 1. The molecule has 0 atom stereocenters. The Hall–Kier alpha value is -3.35. The summed E-state index contributed by atoms with van der Waals surface area (Å²) in [6.07, 6.45) is 6.92. The number of hydrogen-bond donors (Lipinski definition) is 2. The number of benzene rings is 1. The van der Waals surface area contributed by atoms with Crippen molar-refractivity contribution in [2.75, 3.05) is 12.4 Å². The minimum atomic E-state index is -0.307. The van der Waals surface area contributed by atoms with Gasteiger partial charge in [-0.1, -0.05) is 18.2 Å². The van der Waals surface area contributed by atoms with E-state index >= 15 is 0 Å². The molecule has 7 nitrogen and oxygen atoms in total. The third-order valence-electron chi connectivity index (χ3n) is 3.39. The second-order valence-corrected chi connectivity index (χ2v) is 5.00. The van der Waals surface area contributed by atoms with Gasteiger partial charge in [0.1, 0.15) is 17.9 Å². The Morgan fingerprint density at radius 2 is 2.12 bits per heavy atom. The third-order valence-corrected chi connectivity index (χ3v) is 3.39. The molecule has 0 bridgehead atoms. The predicted molar refractivity (Wildman–Crippen MR) is 90.2 cm³/mol. The second-order valence-electron chi connectivity index (χ2n) is 5.00. The van der Waals surface area contributed by atoms with E-state index in [9.17, 15) is 4.79 Å². The van der Waals surface area contributed by atoms with Crippen LogP contribution in [-0.4, -0.2) is 27.7 Å². The molecule has 0 aliphatic carbocycles. The van der Waals surface area contributed by atoms with Crippen LogP contribution in [0.3, 0.4) is 0 Å². The van der Waals surface area contributed by atoms with Crippen LogP contribution >= 0.6 is 0 Å². The quantitative estimate of drug-likeness (QED) is 0.756. The van der Waals surface area contributed by atoms with E-state index in [2.05, 4.69) is 20.6 Å². The highest BCUT2D eigenvalue weighted by Crippen LogP contribution is 2.22. The smallest absolute Gasteiger partial charge is 0.319 e. The summed E-state index contributed by atoms with van der Waals surface area (Å²) in [4.78, 5) is 20.3. The molecule has 0 fully saturated rings. The van der Waals surface area contributed by atoms with Gasteiger partial charge in [-0.15, -0.1) is 0 Å². The molecule has 122 valence electrons. The number of nitrogens with zero attached hydrogens (tertiary/aromatic N) is 3. The lowest BCUT2D eigenvalue weighted by molar-refractivity contribution is 0.251. The monoisotopic (exact) mass is 323 g/mol. The summed E-state index contributed by atoms with van der Waals surface area (Å²) in [5, 5.41) is 5.55. The molecule has 2 aromatic heterocycles. The van der Waals surface area contributed by atoms with Crippen molar-refractivity contribution in [2.24, 2.45) is 0 Å². The van der Waals surface area contributed by atoms with Crippen LogP contribution in [0.15, 0.2) is 61.3 Å². The van der Waals surface area contributed by atoms with Gasteiger partial charge < -0.3 is 15.4 Å². The van der Waals surface area contributed by atoms with Gasteiger partial charge in [-0.2, -0.15) is 0 Å². The summed E-state index contributed by atoms with van der Waals surface area (Å²) in [5.74, 6) is 1.38. The molecule has 2 heterocycles. The molecule has 24 heavy (non-hydrogen) atoms. The van der Waals surface area contributed by atoms with E-state index in [1.165, 1.54) is 0 Å². The fraction of sp³-hybridized carbons (Fsp3) is 0.118. The molecule has 0 saturated carbocycles. The van der Waals surface area contributed by atoms with Crippen molar-refractivity contribution in [1.29, 1.82) is 0 Å². The number of rotatable bonds is 5. The molecule has 0 saturated heterocycles. The first-order valence-corrected chi connectivity index (χ1v) is 7.37. The zero-order chi connectivity index (χ0) is 16.8. The van der Waals surface area contributed by atoms with Crippen LogP contribution in [0.1, 0.15) is 5.56 Å². The van der Waals surface area contributed by atoms with Gasteiger partial charge >= 0.3 is 6.03 Å². The number of pyridine rings is 1. The number of imidazole rings is 1. The Morgan fingerprint density at radius 1 is 1.25 bits per heavy atom. The van der Waals surface area contributed by atoms with Crippen molar-refractivity contribution < 1.29 is 9.53 Å². The largest absolute Gasteiger partial charge is 0.495 e. The Balaban J connectivity index is 1.56. The third kappa shape index (κ3) is 3.70. The number of aromatic nitrogens is 3. The lowest BCUT2D eigenvalue weighted by atomic mass is 10.3. The molecule has 0 unspecified atom stereocenters. The summed E-state index contributed by atoms with van der Waals surface area (Å²) >= 11 is 0. The maximum absolute atomic E-state index is 12.0. The van der Waals surface area contributed by atoms with Crippen LogP contribution in [0.5, 0.6) is 5.75 Å². The zero-order valence-corrected chi connectivity index (χ0v) is 13.1. The first-order valence-electron chi connectivity index (χ1n) is 7.37. The van der Waals surface area contributed by atoms with Crippen LogP contribution in [-0.2, 0) is 6.54 Å². The van der Waals surface area contributed by atoms with Crippen molar-refractivity contribution in [3.63, 3.8) is 0 Å². The maximum atomic E-state index is 12.0. The molecule has 3 aromatic rings. The Kier molecular flexibility index (Phi) is 4.71. The van der Waals surface area contributed by atoms with Crippen LogP contribution in [0.4, 0.5) is 10.5 Å². The number of ether oxygens (including phenoxy) is 1. The number of hydrogen-bond acceptors (Lipinski definition) is 4. The predicted octanol–water partition coefficient (Wildman–Crippen LogP) is 2.60. The summed E-state index contributed by atoms with van der Waals surface area (Å²) in [7, 11) is 1.56. The molecule has 1 aromatic carbocycles. The van der Waals surface area contributed by atoms with E-state index in [1.54, 1.807) is 38.0 Å². The Bertz CT molecular complexity index is 800. The molecule has 2 N–H and O–H groups in total. The molecule has 0 radical (unpaired) electrons. The van der Waals surface area contributed by atoms with Crippen LogP contribution < -0.4 is 15.4 Å². The van der Waals surface area contributed by atoms with Crippen molar-refractivity contribution in [3.8, 4) is 11.6 Å². The topological polar surface area (TPSA) is 81.1 Å². The average Bonchev–Trinajstić information content (AvgIpc) is 3.15. The lowest BCUT2D eigenvalue weighted by Gasteiger charge is -2.11. The summed E-state index contributed by atoms with van der Waals surface area (Å²) in [6, 6.07) is 10.7. The molecule has 7 heteroatoms. The first-order chi connectivity index (χ1) is 11.8. The van der Waals surface area contributed by atoms with Crippen LogP contribution in [0.2, 0.25) is 0 Å². The standard InChI is InChI=1S/C17H17N5O2/c1-24-15-5-3-2-4-14(15)21-17(23)20-11-13-6-7-16(19-10-13)22-9-8-18-12-22/h2-10,12H,11H2,1H3,(H2,20,21,23). The van der Waals surface area contributed by atoms with E-state index in [4.69, 9.17) is 4.74 Å². The molecule has 0 aliphatic heterocycles. The number of methoxy groups -OCH3 is 1. The number of anilines is 1. The van der Waals surface area contributed by atoms with E-state index < -0.39 is 0 Å². The highest BCUT2D eigenvalue weighted by molar-refractivity contribution is 5.90. The van der Waals surface area contributed by atoms with E-state index in [0.29, 0.717) is 18.0 Å². The number of nitrogens with one attached hydrogen (secondary N) is 2. The van der Waals surface area contributed by atoms with Crippen LogP contribution in [0.25, 0.3) is 5.82 Å². The fourth-order valence-electron chi connectivity index (χ4n) is 2.17. The van der Waals surface area contributed by atoms with Gasteiger partial charge in [0, 0.05) is 25.1 Å². The number of urea groups is 1. The number of para-hydroxylation sites is 2. The normalized spacial score (nSPS) is 10.2. The van der Waals surface area contributed by atoms with Gasteiger partial charge in [0.15, 0.2) is 0 Å². The minimum absolute atomic E-state index is 0.307. The first kappa shape index (κ1) is 15.5. The van der Waals surface area contributed by atoms with E-state index in [1.807, 2.05) is 35.0 Å². The minimum Gasteiger partial charge on any atom is -0.495 e. The van der Waals surface area contributed by atoms with Crippen LogP contribution in [0, 0.1) is 0 Å². The summed E-state index contributed by atoms with van der Waals surface area (Å²) < 4.78 is 7.01. The van der Waals surface area contributed by atoms with E-state index in [-0.39, 0.29) is 6.03 Å². The highest BCUT2D eigenvalue weighted by Gasteiger charge is 2.06. The van der Waals surface area contributed by atoms with Gasteiger partial charge in [-0.05, 0) is 23.8 Å². The van der Waals surface area contributed by atoms with Crippen molar-refractivity contribution in [2.45, 2.75) is 6.54 Å². The number of amides is 2. The SMILES string of the molecule is COc1ccccc1NC(=O)NCc1ccc(-n2ccnc2)nc1. The van der Waals surface area contributed by atoms with Gasteiger partial charge in [0.2, 0.25) is 0 Å². The molecule has 3 rings (SSSR count). The lowest BCUT2D eigenvalue weighted by Crippen LogP contribution is -2.28. The summed E-state index contributed by atoms with van der Waals surface area (Å²) in [5.41, 5.74) is 1.51. The molecular weight excluding hydrogens is 306 g/mol. The molecular formula is C17H17N5O2. The van der Waals surface area contributed by atoms with Crippen molar-refractivity contribution in [1.82, 2.24) is 19.9 Å². The van der Waals surface area contributed by atoms with Gasteiger partial charge in [0.05, 0.1) is 12.8 Å². The second kappa shape index (κ2) is 7.28. The molecule has 0 spiro atoms. The molecule has 0 aliphatic rings. The maximum Gasteiger partial charge on any atom is 0.319 e. The van der Waals surface area contributed by atoms with E-state index in [0.717, 1.165) is 11.4 Å². The molecule has 2 amide bonds. The van der Waals surface area contributed by atoms with Crippen molar-refractivity contribution in [3.05, 3.63) is 66.9 Å². The fourth-order valence-corrected chi connectivity index (χ4v) is 2.17. The highest BCUT2D eigenvalue weighted by atomic mass is 16.5. The van der Waals surface area contributed by atoms with Gasteiger partial charge in [-0.3, -0.25) is 4.57 Å². The zero-order valence-electron chi connectivity index (χ0n) is 13.1. The van der Waals surface area contributed by atoms with Crippen molar-refractivity contribution >= 4 is 11.7 Å². The average molecular weight is 323 g/mol.